The quantitative estimate of drug-likeness (QED) is 0.853. The third-order valence-electron chi connectivity index (χ3n) is 3.38. The number of halogens is 1. The Hall–Kier alpha value is -1.52. The molecule has 2 aromatic rings. The molecule has 2 rings (SSSR count). The molecule has 5 heteroatoms. The maximum Gasteiger partial charge on any atom is 0.131 e. The Kier molecular flexibility index (Phi) is 5.65. The van der Waals surface area contributed by atoms with Crippen molar-refractivity contribution in [1.82, 2.24) is 15.1 Å². The molecule has 0 amide bonds. The molecule has 1 aromatic carbocycles. The molecule has 0 saturated heterocycles. The fourth-order valence-corrected chi connectivity index (χ4v) is 2.45. The first-order valence-electron chi connectivity index (χ1n) is 7.28. The van der Waals surface area contributed by atoms with Crippen molar-refractivity contribution in [3.8, 4) is 5.75 Å². The van der Waals surface area contributed by atoms with Crippen molar-refractivity contribution in [3.63, 3.8) is 0 Å². The predicted molar refractivity (Wildman–Crippen MR) is 85.8 cm³/mol. The fourth-order valence-electron chi connectivity index (χ4n) is 2.10. The average molecular weight is 308 g/mol. The normalized spacial score (nSPS) is 10.9. The van der Waals surface area contributed by atoms with Gasteiger partial charge in [-0.2, -0.15) is 5.10 Å². The van der Waals surface area contributed by atoms with E-state index in [2.05, 4.69) is 29.5 Å². The zero-order chi connectivity index (χ0) is 15.2. The number of ether oxygens (including phenoxy) is 1. The van der Waals surface area contributed by atoms with Gasteiger partial charge < -0.3 is 10.1 Å². The molecule has 0 atom stereocenters. The van der Waals surface area contributed by atoms with Gasteiger partial charge in [0.15, 0.2) is 0 Å². The number of aryl methyl sites for hydroxylation is 2. The van der Waals surface area contributed by atoms with E-state index in [-0.39, 0.29) is 0 Å². The third kappa shape index (κ3) is 3.99. The van der Waals surface area contributed by atoms with Crippen molar-refractivity contribution in [2.24, 2.45) is 7.05 Å². The SMILES string of the molecule is CCNCc1ccc(OCc2c(Cl)c(CC)nn2C)cc1. The van der Waals surface area contributed by atoms with Gasteiger partial charge in [-0.3, -0.25) is 4.68 Å². The topological polar surface area (TPSA) is 39.1 Å². The number of nitrogens with zero attached hydrogens (tertiary/aromatic N) is 2. The lowest BCUT2D eigenvalue weighted by molar-refractivity contribution is 0.295. The average Bonchev–Trinajstić information content (AvgIpc) is 2.78. The Morgan fingerprint density at radius 3 is 2.52 bits per heavy atom. The molecule has 114 valence electrons. The van der Waals surface area contributed by atoms with E-state index in [4.69, 9.17) is 16.3 Å². The second-order valence-electron chi connectivity index (χ2n) is 4.90. The van der Waals surface area contributed by atoms with Crippen LogP contribution in [0, 0.1) is 0 Å². The summed E-state index contributed by atoms with van der Waals surface area (Å²) < 4.78 is 7.60. The molecule has 0 bridgehead atoms. The molecule has 0 radical (unpaired) electrons. The van der Waals surface area contributed by atoms with E-state index in [1.165, 1.54) is 5.56 Å². The molecule has 21 heavy (non-hydrogen) atoms. The highest BCUT2D eigenvalue weighted by molar-refractivity contribution is 6.31. The van der Waals surface area contributed by atoms with Crippen molar-refractivity contribution in [1.29, 1.82) is 0 Å². The van der Waals surface area contributed by atoms with Crippen LogP contribution in [-0.4, -0.2) is 16.3 Å². The molecule has 0 fully saturated rings. The lowest BCUT2D eigenvalue weighted by Crippen LogP contribution is -2.11. The minimum Gasteiger partial charge on any atom is -0.487 e. The molecule has 0 aliphatic rings. The summed E-state index contributed by atoms with van der Waals surface area (Å²) in [6, 6.07) is 8.11. The predicted octanol–water partition coefficient (Wildman–Crippen LogP) is 3.32. The van der Waals surface area contributed by atoms with Crippen molar-refractivity contribution >= 4 is 11.6 Å². The maximum atomic E-state index is 6.31. The molecule has 1 heterocycles. The van der Waals surface area contributed by atoms with Crippen molar-refractivity contribution in [3.05, 3.63) is 46.2 Å². The number of hydrogen-bond acceptors (Lipinski definition) is 3. The standard InChI is InChI=1S/C16H22ClN3O/c1-4-14-16(17)15(20(3)19-14)11-21-13-8-6-12(7-9-13)10-18-5-2/h6-9,18H,4-5,10-11H2,1-3H3. The lowest BCUT2D eigenvalue weighted by atomic mass is 10.2. The number of nitrogens with one attached hydrogen (secondary N) is 1. The molecular weight excluding hydrogens is 286 g/mol. The van der Waals surface area contributed by atoms with E-state index in [1.807, 2.05) is 26.1 Å². The number of benzene rings is 1. The fraction of sp³-hybridized carbons (Fsp3) is 0.438. The van der Waals surface area contributed by atoms with Crippen LogP contribution < -0.4 is 10.1 Å². The smallest absolute Gasteiger partial charge is 0.131 e. The van der Waals surface area contributed by atoms with Gasteiger partial charge in [0, 0.05) is 13.6 Å². The molecule has 1 aromatic heterocycles. The molecule has 0 spiro atoms. The molecule has 0 saturated carbocycles. The summed E-state index contributed by atoms with van der Waals surface area (Å²) in [7, 11) is 1.89. The highest BCUT2D eigenvalue weighted by Gasteiger charge is 2.13. The first kappa shape index (κ1) is 15.9. The summed E-state index contributed by atoms with van der Waals surface area (Å²) in [6.45, 7) is 6.41. The number of aromatic nitrogens is 2. The van der Waals surface area contributed by atoms with E-state index in [9.17, 15) is 0 Å². The van der Waals surface area contributed by atoms with Gasteiger partial charge >= 0.3 is 0 Å². The van der Waals surface area contributed by atoms with Crippen molar-refractivity contribution in [2.45, 2.75) is 33.4 Å². The molecular formula is C16H22ClN3O. The molecule has 0 aliphatic heterocycles. The van der Waals surface area contributed by atoms with Crippen LogP contribution in [0.25, 0.3) is 0 Å². The van der Waals surface area contributed by atoms with Gasteiger partial charge in [0.1, 0.15) is 12.4 Å². The van der Waals surface area contributed by atoms with Crippen LogP contribution >= 0.6 is 11.6 Å². The highest BCUT2D eigenvalue weighted by atomic mass is 35.5. The minimum absolute atomic E-state index is 0.425. The zero-order valence-electron chi connectivity index (χ0n) is 12.8. The van der Waals surface area contributed by atoms with Gasteiger partial charge in [-0.05, 0) is 30.7 Å². The monoisotopic (exact) mass is 307 g/mol. The minimum atomic E-state index is 0.425. The van der Waals surface area contributed by atoms with E-state index >= 15 is 0 Å². The largest absolute Gasteiger partial charge is 0.487 e. The first-order valence-corrected chi connectivity index (χ1v) is 7.66. The van der Waals surface area contributed by atoms with Gasteiger partial charge in [-0.25, -0.2) is 0 Å². The molecule has 0 aliphatic carbocycles. The Balaban J connectivity index is 1.98. The van der Waals surface area contributed by atoms with Crippen LogP contribution in [0.2, 0.25) is 5.02 Å². The van der Waals surface area contributed by atoms with Crippen LogP contribution in [0.1, 0.15) is 30.8 Å². The van der Waals surface area contributed by atoms with Crippen LogP contribution in [0.15, 0.2) is 24.3 Å². The Morgan fingerprint density at radius 1 is 1.24 bits per heavy atom. The van der Waals surface area contributed by atoms with Crippen LogP contribution in [0.3, 0.4) is 0 Å². The lowest BCUT2D eigenvalue weighted by Gasteiger charge is -2.08. The van der Waals surface area contributed by atoms with Crippen LogP contribution in [-0.2, 0) is 26.6 Å². The van der Waals surface area contributed by atoms with Gasteiger partial charge in [0.05, 0.1) is 16.4 Å². The van der Waals surface area contributed by atoms with Gasteiger partial charge in [-0.1, -0.05) is 37.6 Å². The van der Waals surface area contributed by atoms with E-state index in [0.29, 0.717) is 11.6 Å². The number of rotatable bonds is 7. The number of hydrogen-bond donors (Lipinski definition) is 1. The van der Waals surface area contributed by atoms with Gasteiger partial charge in [0.2, 0.25) is 0 Å². The molecule has 4 nitrogen and oxygen atoms in total. The Bertz CT molecular complexity index is 578. The molecule has 0 unspecified atom stereocenters. The summed E-state index contributed by atoms with van der Waals surface area (Å²) >= 11 is 6.31. The van der Waals surface area contributed by atoms with Crippen molar-refractivity contribution < 1.29 is 4.74 Å². The molecule has 1 N–H and O–H groups in total. The summed E-state index contributed by atoms with van der Waals surface area (Å²) in [4.78, 5) is 0. The van der Waals surface area contributed by atoms with E-state index in [0.717, 1.165) is 36.6 Å². The summed E-state index contributed by atoms with van der Waals surface area (Å²) in [6.07, 6.45) is 0.825. The first-order chi connectivity index (χ1) is 10.2. The summed E-state index contributed by atoms with van der Waals surface area (Å²) in [5.74, 6) is 0.838. The summed E-state index contributed by atoms with van der Waals surface area (Å²) in [5.41, 5.74) is 3.07. The Morgan fingerprint density at radius 2 is 1.95 bits per heavy atom. The summed E-state index contributed by atoms with van der Waals surface area (Å²) in [5, 5.41) is 8.39. The van der Waals surface area contributed by atoms with Gasteiger partial charge in [-0.15, -0.1) is 0 Å². The van der Waals surface area contributed by atoms with Crippen molar-refractivity contribution in [2.75, 3.05) is 6.54 Å². The highest BCUT2D eigenvalue weighted by Crippen LogP contribution is 2.22. The zero-order valence-corrected chi connectivity index (χ0v) is 13.6. The second-order valence-corrected chi connectivity index (χ2v) is 5.28. The van der Waals surface area contributed by atoms with E-state index in [1.54, 1.807) is 4.68 Å². The second kappa shape index (κ2) is 7.48. The maximum absolute atomic E-state index is 6.31. The van der Waals surface area contributed by atoms with Crippen LogP contribution in [0.5, 0.6) is 5.75 Å². The van der Waals surface area contributed by atoms with E-state index < -0.39 is 0 Å². The Labute approximate surface area is 131 Å². The van der Waals surface area contributed by atoms with Gasteiger partial charge in [0.25, 0.3) is 0 Å². The van der Waals surface area contributed by atoms with Crippen LogP contribution in [0.4, 0.5) is 0 Å². The third-order valence-corrected chi connectivity index (χ3v) is 3.82.